The summed E-state index contributed by atoms with van der Waals surface area (Å²) in [5, 5.41) is 0.709. The van der Waals surface area contributed by atoms with Crippen molar-refractivity contribution in [3.05, 3.63) is 89.2 Å². The van der Waals surface area contributed by atoms with Crippen LogP contribution in [-0.2, 0) is 13.2 Å². The molecule has 1 heterocycles. The standard InChI is InChI=1S/C24H23ClN2O2/c1-18-7-11-21(12-8-18)29-17-24-26-22-5-2-3-6-23(22)27(24)15-4-16-28-20-13-9-19(25)10-14-20/h2-3,5-14H,4,15-17H2,1H3. The van der Waals surface area contributed by atoms with Gasteiger partial charge in [-0.25, -0.2) is 4.98 Å². The van der Waals surface area contributed by atoms with Gasteiger partial charge in [0.25, 0.3) is 0 Å². The Hall–Kier alpha value is -2.98. The second-order valence-corrected chi connectivity index (χ2v) is 7.36. The predicted octanol–water partition coefficient (Wildman–Crippen LogP) is 6.05. The van der Waals surface area contributed by atoms with Crippen LogP contribution in [0.5, 0.6) is 11.5 Å². The van der Waals surface area contributed by atoms with Crippen LogP contribution in [-0.4, -0.2) is 16.2 Å². The number of hydrogen-bond acceptors (Lipinski definition) is 3. The topological polar surface area (TPSA) is 36.3 Å². The summed E-state index contributed by atoms with van der Waals surface area (Å²) in [5.41, 5.74) is 3.31. The molecule has 0 fully saturated rings. The quantitative estimate of drug-likeness (QED) is 0.334. The molecule has 5 heteroatoms. The van der Waals surface area contributed by atoms with Gasteiger partial charge in [-0.3, -0.25) is 0 Å². The van der Waals surface area contributed by atoms with Crippen LogP contribution in [0.25, 0.3) is 11.0 Å². The lowest BCUT2D eigenvalue weighted by molar-refractivity contribution is 0.280. The molecule has 3 aromatic carbocycles. The largest absolute Gasteiger partial charge is 0.494 e. The van der Waals surface area contributed by atoms with Crippen molar-refractivity contribution in [1.82, 2.24) is 9.55 Å². The van der Waals surface area contributed by atoms with Gasteiger partial charge in [-0.05, 0) is 61.9 Å². The fourth-order valence-corrected chi connectivity index (χ4v) is 3.34. The van der Waals surface area contributed by atoms with Crippen molar-refractivity contribution >= 4 is 22.6 Å². The molecule has 4 aromatic rings. The molecule has 0 aliphatic rings. The summed E-state index contributed by atoms with van der Waals surface area (Å²) in [7, 11) is 0. The Balaban J connectivity index is 1.43. The minimum atomic E-state index is 0.426. The maximum atomic E-state index is 5.98. The molecule has 0 N–H and O–H groups in total. The van der Waals surface area contributed by atoms with E-state index in [9.17, 15) is 0 Å². The van der Waals surface area contributed by atoms with Gasteiger partial charge in [-0.2, -0.15) is 0 Å². The molecule has 148 valence electrons. The Morgan fingerprint density at radius 1 is 0.862 bits per heavy atom. The number of rotatable bonds is 8. The molecule has 0 saturated carbocycles. The average Bonchev–Trinajstić information content (AvgIpc) is 3.10. The first-order valence-corrected chi connectivity index (χ1v) is 10.1. The smallest absolute Gasteiger partial charge is 0.147 e. The molecule has 29 heavy (non-hydrogen) atoms. The number of benzene rings is 3. The number of halogens is 1. The van der Waals surface area contributed by atoms with E-state index in [4.69, 9.17) is 26.1 Å². The van der Waals surface area contributed by atoms with E-state index < -0.39 is 0 Å². The monoisotopic (exact) mass is 406 g/mol. The Kier molecular flexibility index (Phi) is 6.01. The second-order valence-electron chi connectivity index (χ2n) is 6.93. The number of ether oxygens (including phenoxy) is 2. The van der Waals surface area contributed by atoms with Gasteiger partial charge in [-0.1, -0.05) is 41.4 Å². The molecule has 0 aliphatic heterocycles. The van der Waals surface area contributed by atoms with E-state index in [2.05, 4.69) is 17.6 Å². The van der Waals surface area contributed by atoms with E-state index in [1.807, 2.05) is 66.7 Å². The highest BCUT2D eigenvalue weighted by Gasteiger charge is 2.11. The van der Waals surface area contributed by atoms with E-state index in [0.717, 1.165) is 41.3 Å². The fraction of sp³-hybridized carbons (Fsp3) is 0.208. The Morgan fingerprint density at radius 2 is 1.55 bits per heavy atom. The van der Waals surface area contributed by atoms with Gasteiger partial charge < -0.3 is 14.0 Å². The minimum absolute atomic E-state index is 0.426. The van der Waals surface area contributed by atoms with Gasteiger partial charge in [0.05, 0.1) is 17.6 Å². The highest BCUT2D eigenvalue weighted by Crippen LogP contribution is 2.20. The van der Waals surface area contributed by atoms with Crippen LogP contribution in [0.4, 0.5) is 0 Å². The summed E-state index contributed by atoms with van der Waals surface area (Å²) in [6.07, 6.45) is 0.862. The van der Waals surface area contributed by atoms with E-state index in [1.54, 1.807) is 0 Å². The van der Waals surface area contributed by atoms with Crippen molar-refractivity contribution in [1.29, 1.82) is 0 Å². The molecule has 0 atom stereocenters. The molecule has 0 saturated heterocycles. The summed E-state index contributed by atoms with van der Waals surface area (Å²) in [6.45, 7) is 3.91. The number of aromatic nitrogens is 2. The molecule has 4 nitrogen and oxygen atoms in total. The molecular weight excluding hydrogens is 384 g/mol. The third-order valence-electron chi connectivity index (χ3n) is 4.73. The number of nitrogens with zero attached hydrogens (tertiary/aromatic N) is 2. The Bertz CT molecular complexity index is 1070. The van der Waals surface area contributed by atoms with Crippen molar-refractivity contribution < 1.29 is 9.47 Å². The number of fused-ring (bicyclic) bond motifs is 1. The van der Waals surface area contributed by atoms with Gasteiger partial charge in [0.15, 0.2) is 0 Å². The van der Waals surface area contributed by atoms with Crippen LogP contribution in [0.2, 0.25) is 5.02 Å². The third kappa shape index (κ3) is 4.90. The summed E-state index contributed by atoms with van der Waals surface area (Å²) >= 11 is 5.92. The molecule has 0 spiro atoms. The lowest BCUT2D eigenvalue weighted by Gasteiger charge is -2.11. The maximum Gasteiger partial charge on any atom is 0.147 e. The van der Waals surface area contributed by atoms with Crippen LogP contribution >= 0.6 is 11.6 Å². The van der Waals surface area contributed by atoms with Crippen molar-refractivity contribution in [3.8, 4) is 11.5 Å². The first-order chi connectivity index (χ1) is 14.2. The van der Waals surface area contributed by atoms with Gasteiger partial charge in [-0.15, -0.1) is 0 Å². The zero-order chi connectivity index (χ0) is 20.1. The van der Waals surface area contributed by atoms with Crippen molar-refractivity contribution in [2.75, 3.05) is 6.61 Å². The zero-order valence-corrected chi connectivity index (χ0v) is 17.1. The zero-order valence-electron chi connectivity index (χ0n) is 16.3. The van der Waals surface area contributed by atoms with Crippen LogP contribution in [0, 0.1) is 6.92 Å². The van der Waals surface area contributed by atoms with Crippen LogP contribution in [0.15, 0.2) is 72.8 Å². The molecular formula is C24H23ClN2O2. The average molecular weight is 407 g/mol. The molecule has 0 aliphatic carbocycles. The lowest BCUT2D eigenvalue weighted by Crippen LogP contribution is -2.10. The number of imidazole rings is 1. The highest BCUT2D eigenvalue weighted by molar-refractivity contribution is 6.30. The second kappa shape index (κ2) is 9.01. The molecule has 0 radical (unpaired) electrons. The Labute approximate surface area is 175 Å². The minimum Gasteiger partial charge on any atom is -0.494 e. The normalized spacial score (nSPS) is 11.0. The van der Waals surface area contributed by atoms with E-state index in [-0.39, 0.29) is 0 Å². The van der Waals surface area contributed by atoms with Gasteiger partial charge >= 0.3 is 0 Å². The van der Waals surface area contributed by atoms with E-state index >= 15 is 0 Å². The molecule has 1 aromatic heterocycles. The number of hydrogen-bond donors (Lipinski definition) is 0. The van der Waals surface area contributed by atoms with E-state index in [0.29, 0.717) is 18.2 Å². The predicted molar refractivity (Wildman–Crippen MR) is 117 cm³/mol. The summed E-state index contributed by atoms with van der Waals surface area (Å²) in [5.74, 6) is 2.59. The lowest BCUT2D eigenvalue weighted by atomic mass is 10.2. The maximum absolute atomic E-state index is 5.98. The molecule has 0 amide bonds. The first kappa shape index (κ1) is 19.3. The van der Waals surface area contributed by atoms with Gasteiger partial charge in [0, 0.05) is 11.6 Å². The number of aryl methyl sites for hydroxylation is 2. The van der Waals surface area contributed by atoms with Crippen LogP contribution in [0.1, 0.15) is 17.8 Å². The molecule has 0 unspecified atom stereocenters. The molecule has 0 bridgehead atoms. The van der Waals surface area contributed by atoms with Crippen molar-refractivity contribution in [2.24, 2.45) is 0 Å². The highest BCUT2D eigenvalue weighted by atomic mass is 35.5. The van der Waals surface area contributed by atoms with Crippen LogP contribution in [0.3, 0.4) is 0 Å². The van der Waals surface area contributed by atoms with Gasteiger partial charge in [0.1, 0.15) is 23.9 Å². The SMILES string of the molecule is Cc1ccc(OCc2nc3ccccc3n2CCCOc2ccc(Cl)cc2)cc1. The van der Waals surface area contributed by atoms with E-state index in [1.165, 1.54) is 5.56 Å². The Morgan fingerprint density at radius 3 is 2.34 bits per heavy atom. The van der Waals surface area contributed by atoms with Crippen LogP contribution < -0.4 is 9.47 Å². The number of para-hydroxylation sites is 2. The van der Waals surface area contributed by atoms with Crippen molar-refractivity contribution in [3.63, 3.8) is 0 Å². The van der Waals surface area contributed by atoms with Crippen molar-refractivity contribution in [2.45, 2.75) is 26.5 Å². The molecule has 4 rings (SSSR count). The summed E-state index contributed by atoms with van der Waals surface area (Å²) in [6, 6.07) is 23.7. The first-order valence-electron chi connectivity index (χ1n) is 9.71. The summed E-state index contributed by atoms with van der Waals surface area (Å²) < 4.78 is 14.0. The van der Waals surface area contributed by atoms with Gasteiger partial charge in [0.2, 0.25) is 0 Å². The fourth-order valence-electron chi connectivity index (χ4n) is 3.21. The third-order valence-corrected chi connectivity index (χ3v) is 4.98. The summed E-state index contributed by atoms with van der Waals surface area (Å²) in [4.78, 5) is 4.77.